The number of hydrogen-bond donors (Lipinski definition) is 1. The quantitative estimate of drug-likeness (QED) is 0.851. The molecule has 20 heavy (non-hydrogen) atoms. The van der Waals surface area contributed by atoms with Crippen LogP contribution in [0.3, 0.4) is 0 Å². The van der Waals surface area contributed by atoms with E-state index in [4.69, 9.17) is 0 Å². The second-order valence-electron chi connectivity index (χ2n) is 6.26. The molecule has 0 bridgehead atoms. The minimum Gasteiger partial charge on any atom is -0.511 e. The van der Waals surface area contributed by atoms with Gasteiger partial charge in [0.25, 0.3) is 0 Å². The SMILES string of the molecule is Cc1ccc(CN=CC2=C(O)CC(C)(C)CC2=O)cc1. The highest BCUT2D eigenvalue weighted by molar-refractivity contribution is 6.14. The smallest absolute Gasteiger partial charge is 0.168 e. The number of benzene rings is 1. The lowest BCUT2D eigenvalue weighted by molar-refractivity contribution is -0.117. The summed E-state index contributed by atoms with van der Waals surface area (Å²) in [5.41, 5.74) is 2.52. The third-order valence-electron chi connectivity index (χ3n) is 3.51. The van der Waals surface area contributed by atoms with Gasteiger partial charge in [0, 0.05) is 19.1 Å². The van der Waals surface area contributed by atoms with E-state index >= 15 is 0 Å². The summed E-state index contributed by atoms with van der Waals surface area (Å²) in [5, 5.41) is 9.98. The van der Waals surface area contributed by atoms with Crippen molar-refractivity contribution >= 4 is 12.0 Å². The van der Waals surface area contributed by atoms with E-state index in [1.54, 1.807) is 0 Å². The van der Waals surface area contributed by atoms with Crippen molar-refractivity contribution in [3.8, 4) is 0 Å². The van der Waals surface area contributed by atoms with Crippen molar-refractivity contribution in [3.63, 3.8) is 0 Å². The van der Waals surface area contributed by atoms with Gasteiger partial charge in [-0.05, 0) is 17.9 Å². The second-order valence-corrected chi connectivity index (χ2v) is 6.26. The Morgan fingerprint density at radius 1 is 1.25 bits per heavy atom. The Kier molecular flexibility index (Phi) is 4.07. The zero-order chi connectivity index (χ0) is 14.8. The molecule has 0 unspecified atom stereocenters. The van der Waals surface area contributed by atoms with Gasteiger partial charge in [-0.1, -0.05) is 43.7 Å². The third-order valence-corrected chi connectivity index (χ3v) is 3.51. The first-order valence-corrected chi connectivity index (χ1v) is 6.88. The number of rotatable bonds is 3. The average molecular weight is 271 g/mol. The molecule has 0 heterocycles. The first-order valence-electron chi connectivity index (χ1n) is 6.88. The number of aliphatic hydroxyl groups is 1. The van der Waals surface area contributed by atoms with Crippen molar-refractivity contribution in [3.05, 3.63) is 46.7 Å². The minimum absolute atomic E-state index is 0.0218. The number of carbonyl (C=O) groups excluding carboxylic acids is 1. The average Bonchev–Trinajstić information content (AvgIpc) is 2.33. The van der Waals surface area contributed by atoms with Gasteiger partial charge in [0.15, 0.2) is 5.78 Å². The summed E-state index contributed by atoms with van der Waals surface area (Å²) in [4.78, 5) is 16.3. The van der Waals surface area contributed by atoms with Crippen LogP contribution >= 0.6 is 0 Å². The number of aryl methyl sites for hydroxylation is 1. The highest BCUT2D eigenvalue weighted by atomic mass is 16.3. The summed E-state index contributed by atoms with van der Waals surface area (Å²) < 4.78 is 0. The molecular formula is C17H21NO2. The van der Waals surface area contributed by atoms with Gasteiger partial charge in [-0.25, -0.2) is 0 Å². The van der Waals surface area contributed by atoms with Gasteiger partial charge >= 0.3 is 0 Å². The summed E-state index contributed by atoms with van der Waals surface area (Å²) >= 11 is 0. The molecule has 1 aliphatic rings. The number of carbonyl (C=O) groups is 1. The van der Waals surface area contributed by atoms with E-state index in [-0.39, 0.29) is 17.0 Å². The molecular weight excluding hydrogens is 250 g/mol. The lowest BCUT2D eigenvalue weighted by Gasteiger charge is -2.28. The third kappa shape index (κ3) is 3.56. The van der Waals surface area contributed by atoms with Crippen molar-refractivity contribution in [2.24, 2.45) is 10.4 Å². The van der Waals surface area contributed by atoms with Crippen LogP contribution in [0.2, 0.25) is 0 Å². The van der Waals surface area contributed by atoms with E-state index < -0.39 is 0 Å². The van der Waals surface area contributed by atoms with Gasteiger partial charge in [0.05, 0.1) is 12.1 Å². The molecule has 106 valence electrons. The lowest BCUT2D eigenvalue weighted by atomic mass is 9.77. The van der Waals surface area contributed by atoms with Gasteiger partial charge < -0.3 is 5.11 Å². The van der Waals surface area contributed by atoms with E-state index in [0.29, 0.717) is 25.0 Å². The molecule has 2 rings (SSSR count). The summed E-state index contributed by atoms with van der Waals surface area (Å²) in [6, 6.07) is 8.12. The van der Waals surface area contributed by atoms with Crippen molar-refractivity contribution in [1.82, 2.24) is 0 Å². The van der Waals surface area contributed by atoms with E-state index in [1.807, 2.05) is 45.0 Å². The first-order chi connectivity index (χ1) is 9.37. The van der Waals surface area contributed by atoms with Gasteiger partial charge in [-0.3, -0.25) is 9.79 Å². The summed E-state index contributed by atoms with van der Waals surface area (Å²) in [6.45, 7) is 6.54. The Balaban J connectivity index is 2.07. The van der Waals surface area contributed by atoms with Crippen molar-refractivity contribution in [2.75, 3.05) is 0 Å². The summed E-state index contributed by atoms with van der Waals surface area (Å²) in [5.74, 6) is 0.144. The van der Waals surface area contributed by atoms with Crippen molar-refractivity contribution < 1.29 is 9.90 Å². The zero-order valence-electron chi connectivity index (χ0n) is 12.3. The maximum absolute atomic E-state index is 12.0. The number of Topliss-reactive ketones (excluding diaryl/α,β-unsaturated/α-hetero) is 1. The Labute approximate surface area is 120 Å². The first kappa shape index (κ1) is 14.5. The fourth-order valence-corrected chi connectivity index (χ4v) is 2.38. The number of aliphatic imine (C=N–C) groups is 1. The molecule has 0 atom stereocenters. The van der Waals surface area contributed by atoms with Gasteiger partial charge in [0.1, 0.15) is 5.76 Å². The molecule has 0 fully saturated rings. The van der Waals surface area contributed by atoms with E-state index in [9.17, 15) is 9.90 Å². The zero-order valence-corrected chi connectivity index (χ0v) is 12.3. The molecule has 0 amide bonds. The lowest BCUT2D eigenvalue weighted by Crippen LogP contribution is -2.26. The molecule has 0 saturated heterocycles. The number of aliphatic hydroxyl groups excluding tert-OH is 1. The van der Waals surface area contributed by atoms with Crippen LogP contribution in [0.5, 0.6) is 0 Å². The standard InChI is InChI=1S/C17H21NO2/c1-12-4-6-13(7-5-12)10-18-11-14-15(19)8-17(2,3)9-16(14)20/h4-7,11,19H,8-10H2,1-3H3. The minimum atomic E-state index is -0.157. The molecule has 0 spiro atoms. The predicted molar refractivity (Wildman–Crippen MR) is 81.1 cm³/mol. The van der Waals surface area contributed by atoms with Crippen LogP contribution in [0.25, 0.3) is 0 Å². The van der Waals surface area contributed by atoms with Gasteiger partial charge in [0.2, 0.25) is 0 Å². The largest absolute Gasteiger partial charge is 0.511 e. The number of nitrogens with zero attached hydrogens (tertiary/aromatic N) is 1. The van der Waals surface area contributed by atoms with Crippen LogP contribution in [0.1, 0.15) is 37.8 Å². The fraction of sp³-hybridized carbons (Fsp3) is 0.412. The Morgan fingerprint density at radius 3 is 2.50 bits per heavy atom. The second kappa shape index (κ2) is 5.61. The molecule has 3 heteroatoms. The highest BCUT2D eigenvalue weighted by Gasteiger charge is 2.32. The van der Waals surface area contributed by atoms with E-state index in [0.717, 1.165) is 5.56 Å². The molecule has 0 aliphatic heterocycles. The van der Waals surface area contributed by atoms with Crippen LogP contribution in [0.15, 0.2) is 40.6 Å². The molecule has 1 N–H and O–H groups in total. The van der Waals surface area contributed by atoms with E-state index in [2.05, 4.69) is 4.99 Å². The highest BCUT2D eigenvalue weighted by Crippen LogP contribution is 2.35. The summed E-state index contributed by atoms with van der Waals surface area (Å²) in [7, 11) is 0. The Bertz CT molecular complexity index is 565. The van der Waals surface area contributed by atoms with Crippen molar-refractivity contribution in [2.45, 2.75) is 40.2 Å². The monoisotopic (exact) mass is 271 g/mol. The molecule has 0 aromatic heterocycles. The van der Waals surface area contributed by atoms with Crippen LogP contribution in [0, 0.1) is 12.3 Å². The van der Waals surface area contributed by atoms with Gasteiger partial charge in [-0.2, -0.15) is 0 Å². The molecule has 0 radical (unpaired) electrons. The van der Waals surface area contributed by atoms with Crippen LogP contribution in [-0.4, -0.2) is 17.1 Å². The number of hydrogen-bond acceptors (Lipinski definition) is 3. The Hall–Kier alpha value is -1.90. The molecule has 0 saturated carbocycles. The van der Waals surface area contributed by atoms with Crippen molar-refractivity contribution in [1.29, 1.82) is 0 Å². The Morgan fingerprint density at radius 2 is 1.90 bits per heavy atom. The summed E-state index contributed by atoms with van der Waals surface area (Å²) in [6.07, 6.45) is 2.51. The molecule has 3 nitrogen and oxygen atoms in total. The fourth-order valence-electron chi connectivity index (χ4n) is 2.38. The van der Waals surface area contributed by atoms with Gasteiger partial charge in [-0.15, -0.1) is 0 Å². The topological polar surface area (TPSA) is 49.7 Å². The molecule has 1 aromatic rings. The van der Waals surface area contributed by atoms with Crippen LogP contribution in [0.4, 0.5) is 0 Å². The maximum atomic E-state index is 12.0. The van der Waals surface area contributed by atoms with Crippen LogP contribution < -0.4 is 0 Å². The predicted octanol–water partition coefficient (Wildman–Crippen LogP) is 3.77. The van der Waals surface area contributed by atoms with E-state index in [1.165, 1.54) is 11.8 Å². The molecule has 1 aromatic carbocycles. The molecule has 1 aliphatic carbocycles. The number of ketones is 1. The maximum Gasteiger partial charge on any atom is 0.168 e. The number of allylic oxidation sites excluding steroid dienone is 2. The van der Waals surface area contributed by atoms with Crippen LogP contribution in [-0.2, 0) is 11.3 Å². The normalized spacial score (nSPS) is 18.9.